The summed E-state index contributed by atoms with van der Waals surface area (Å²) in [6.45, 7) is 5.15. The summed E-state index contributed by atoms with van der Waals surface area (Å²) in [6.07, 6.45) is 1.80. The van der Waals surface area contributed by atoms with Crippen LogP contribution in [-0.2, 0) is 19.9 Å². The molecule has 1 aromatic heterocycles. The molecule has 1 aromatic carbocycles. The van der Waals surface area contributed by atoms with Crippen LogP contribution in [-0.4, -0.2) is 16.3 Å². The van der Waals surface area contributed by atoms with E-state index in [1.165, 1.54) is 11.3 Å². The SMILES string of the molecule is CCNC(Cc1c(Br)c(CC)nn1C)c1cccc(Cl)c1. The van der Waals surface area contributed by atoms with Gasteiger partial charge in [-0.1, -0.05) is 37.6 Å². The Hall–Kier alpha value is -0.840. The first-order valence-corrected chi connectivity index (χ1v) is 8.43. The van der Waals surface area contributed by atoms with Gasteiger partial charge in [-0.3, -0.25) is 4.68 Å². The predicted molar refractivity (Wildman–Crippen MR) is 91.9 cm³/mol. The molecule has 0 saturated carbocycles. The zero-order valence-electron chi connectivity index (χ0n) is 12.7. The number of nitrogens with zero attached hydrogens (tertiary/aromatic N) is 2. The number of likely N-dealkylation sites (N-methyl/N-ethyl adjacent to an activating group) is 1. The minimum atomic E-state index is 0.227. The molecule has 0 spiro atoms. The van der Waals surface area contributed by atoms with Crippen molar-refractivity contribution in [1.29, 1.82) is 0 Å². The first kappa shape index (κ1) is 16.5. The average Bonchev–Trinajstić information content (AvgIpc) is 2.74. The van der Waals surface area contributed by atoms with Crippen LogP contribution in [0.2, 0.25) is 5.02 Å². The molecular formula is C16H21BrClN3. The third-order valence-electron chi connectivity index (χ3n) is 3.60. The van der Waals surface area contributed by atoms with Crippen molar-refractivity contribution in [3.05, 3.63) is 50.7 Å². The summed E-state index contributed by atoms with van der Waals surface area (Å²) in [6, 6.07) is 8.27. The van der Waals surface area contributed by atoms with Crippen molar-refractivity contribution >= 4 is 27.5 Å². The highest BCUT2D eigenvalue weighted by atomic mass is 79.9. The van der Waals surface area contributed by atoms with Gasteiger partial charge in [-0.15, -0.1) is 0 Å². The van der Waals surface area contributed by atoms with Crippen molar-refractivity contribution in [2.75, 3.05) is 6.54 Å². The van der Waals surface area contributed by atoms with E-state index in [0.717, 1.165) is 34.6 Å². The smallest absolute Gasteiger partial charge is 0.0766 e. The second-order valence-corrected chi connectivity index (χ2v) is 6.28. The first-order valence-electron chi connectivity index (χ1n) is 7.25. The van der Waals surface area contributed by atoms with Gasteiger partial charge in [0, 0.05) is 24.5 Å². The van der Waals surface area contributed by atoms with Crippen LogP contribution in [0.3, 0.4) is 0 Å². The summed E-state index contributed by atoms with van der Waals surface area (Å²) in [5.74, 6) is 0. The van der Waals surface area contributed by atoms with Gasteiger partial charge in [-0.05, 0) is 46.6 Å². The Bertz CT molecular complexity index is 610. The standard InChI is InChI=1S/C16H21BrClN3/c1-4-13-16(17)15(21(3)20-13)10-14(19-5-2)11-7-6-8-12(18)9-11/h6-9,14,19H,4-5,10H2,1-3H3. The van der Waals surface area contributed by atoms with E-state index in [1.807, 2.05) is 29.9 Å². The molecule has 2 aromatic rings. The Kier molecular flexibility index (Phi) is 5.85. The molecule has 5 heteroatoms. The van der Waals surface area contributed by atoms with Crippen molar-refractivity contribution in [3.63, 3.8) is 0 Å². The zero-order valence-corrected chi connectivity index (χ0v) is 15.0. The topological polar surface area (TPSA) is 29.9 Å². The highest BCUT2D eigenvalue weighted by Crippen LogP contribution is 2.27. The minimum absolute atomic E-state index is 0.227. The Balaban J connectivity index is 2.30. The summed E-state index contributed by atoms with van der Waals surface area (Å²) in [5.41, 5.74) is 3.52. The van der Waals surface area contributed by atoms with Gasteiger partial charge in [0.1, 0.15) is 0 Å². The summed E-state index contributed by atoms with van der Waals surface area (Å²) < 4.78 is 3.09. The molecule has 114 valence electrons. The molecule has 1 heterocycles. The predicted octanol–water partition coefficient (Wildman–Crippen LogP) is 4.29. The fourth-order valence-corrected chi connectivity index (χ4v) is 3.49. The highest BCUT2D eigenvalue weighted by Gasteiger charge is 2.18. The number of aryl methyl sites for hydroxylation is 2. The van der Waals surface area contributed by atoms with Crippen molar-refractivity contribution in [1.82, 2.24) is 15.1 Å². The lowest BCUT2D eigenvalue weighted by atomic mass is 10.0. The quantitative estimate of drug-likeness (QED) is 0.822. The number of hydrogen-bond acceptors (Lipinski definition) is 2. The maximum atomic E-state index is 6.13. The summed E-state index contributed by atoms with van der Waals surface area (Å²) >= 11 is 9.82. The second kappa shape index (κ2) is 7.43. The van der Waals surface area contributed by atoms with Gasteiger partial charge in [0.15, 0.2) is 0 Å². The highest BCUT2D eigenvalue weighted by molar-refractivity contribution is 9.10. The van der Waals surface area contributed by atoms with E-state index in [4.69, 9.17) is 11.6 Å². The lowest BCUT2D eigenvalue weighted by Gasteiger charge is -2.19. The van der Waals surface area contributed by atoms with Crippen LogP contribution >= 0.6 is 27.5 Å². The van der Waals surface area contributed by atoms with Gasteiger partial charge in [0.05, 0.1) is 15.9 Å². The third kappa shape index (κ3) is 3.87. The van der Waals surface area contributed by atoms with Crippen LogP contribution in [0, 0.1) is 0 Å². The van der Waals surface area contributed by atoms with Gasteiger partial charge in [-0.25, -0.2) is 0 Å². The maximum Gasteiger partial charge on any atom is 0.0766 e. The van der Waals surface area contributed by atoms with Crippen LogP contribution in [0.4, 0.5) is 0 Å². The van der Waals surface area contributed by atoms with Gasteiger partial charge in [0.25, 0.3) is 0 Å². The first-order chi connectivity index (χ1) is 10.1. The van der Waals surface area contributed by atoms with Gasteiger partial charge >= 0.3 is 0 Å². The molecule has 2 rings (SSSR count). The number of rotatable bonds is 6. The number of halogens is 2. The fourth-order valence-electron chi connectivity index (χ4n) is 2.51. The molecule has 1 atom stereocenters. The molecule has 0 bridgehead atoms. The van der Waals surface area contributed by atoms with Crippen molar-refractivity contribution in [2.45, 2.75) is 32.7 Å². The number of benzene rings is 1. The van der Waals surface area contributed by atoms with Crippen LogP contribution in [0.25, 0.3) is 0 Å². The molecular weight excluding hydrogens is 350 g/mol. The van der Waals surface area contributed by atoms with Gasteiger partial charge in [-0.2, -0.15) is 5.10 Å². The second-order valence-electron chi connectivity index (χ2n) is 5.05. The van der Waals surface area contributed by atoms with Crippen molar-refractivity contribution < 1.29 is 0 Å². The zero-order chi connectivity index (χ0) is 15.4. The van der Waals surface area contributed by atoms with E-state index in [2.05, 4.69) is 46.3 Å². The van der Waals surface area contributed by atoms with Crippen molar-refractivity contribution in [3.8, 4) is 0 Å². The minimum Gasteiger partial charge on any atom is -0.310 e. The molecule has 0 fully saturated rings. The number of aromatic nitrogens is 2. The molecule has 0 aliphatic rings. The van der Waals surface area contributed by atoms with Crippen LogP contribution in [0.5, 0.6) is 0 Å². The Morgan fingerprint density at radius 2 is 2.14 bits per heavy atom. The summed E-state index contributed by atoms with van der Waals surface area (Å²) in [7, 11) is 2.00. The fraction of sp³-hybridized carbons (Fsp3) is 0.438. The maximum absolute atomic E-state index is 6.13. The van der Waals surface area contributed by atoms with Crippen molar-refractivity contribution in [2.24, 2.45) is 7.05 Å². The monoisotopic (exact) mass is 369 g/mol. The summed E-state index contributed by atoms with van der Waals surface area (Å²) in [4.78, 5) is 0. The van der Waals surface area contributed by atoms with E-state index in [-0.39, 0.29) is 6.04 Å². The summed E-state index contributed by atoms with van der Waals surface area (Å²) in [5, 5.41) is 8.88. The molecule has 0 amide bonds. The van der Waals surface area contributed by atoms with E-state index >= 15 is 0 Å². The molecule has 1 N–H and O–H groups in total. The third-order valence-corrected chi connectivity index (χ3v) is 4.75. The number of hydrogen-bond donors (Lipinski definition) is 1. The van der Waals surface area contributed by atoms with Crippen LogP contribution in [0.1, 0.15) is 36.8 Å². The Labute approximate surface area is 139 Å². The molecule has 0 aliphatic heterocycles. The molecule has 21 heavy (non-hydrogen) atoms. The van der Waals surface area contributed by atoms with Crippen LogP contribution < -0.4 is 5.32 Å². The van der Waals surface area contributed by atoms with E-state index in [1.54, 1.807) is 0 Å². The Morgan fingerprint density at radius 1 is 1.38 bits per heavy atom. The van der Waals surface area contributed by atoms with E-state index in [9.17, 15) is 0 Å². The lowest BCUT2D eigenvalue weighted by molar-refractivity contribution is 0.527. The molecule has 0 aliphatic carbocycles. The normalized spacial score (nSPS) is 12.6. The van der Waals surface area contributed by atoms with E-state index in [0.29, 0.717) is 0 Å². The van der Waals surface area contributed by atoms with Gasteiger partial charge in [0.2, 0.25) is 0 Å². The lowest BCUT2D eigenvalue weighted by Crippen LogP contribution is -2.24. The molecule has 1 unspecified atom stereocenters. The Morgan fingerprint density at radius 3 is 2.71 bits per heavy atom. The average molecular weight is 371 g/mol. The molecule has 0 saturated heterocycles. The molecule has 3 nitrogen and oxygen atoms in total. The van der Waals surface area contributed by atoms with E-state index < -0.39 is 0 Å². The largest absolute Gasteiger partial charge is 0.310 e. The van der Waals surface area contributed by atoms with Crippen LogP contribution in [0.15, 0.2) is 28.7 Å². The van der Waals surface area contributed by atoms with Gasteiger partial charge < -0.3 is 5.32 Å². The molecule has 0 radical (unpaired) electrons. The number of nitrogens with one attached hydrogen (secondary N) is 1.